The first-order valence-electron chi connectivity index (χ1n) is 7.26. The van der Waals surface area contributed by atoms with E-state index in [4.69, 9.17) is 4.74 Å². The largest absolute Gasteiger partial charge is 0.385 e. The van der Waals surface area contributed by atoms with E-state index in [9.17, 15) is 4.79 Å². The van der Waals surface area contributed by atoms with Crippen molar-refractivity contribution in [1.29, 1.82) is 0 Å². The van der Waals surface area contributed by atoms with Gasteiger partial charge in [0, 0.05) is 26.3 Å². The van der Waals surface area contributed by atoms with Crippen molar-refractivity contribution in [3.63, 3.8) is 0 Å². The third-order valence-corrected chi connectivity index (χ3v) is 3.87. The minimum Gasteiger partial charge on any atom is -0.385 e. The standard InChI is InChI=1S/C16H24N2O2/c1-18(12-16(19)17-10-5-11-20-2)15-9-8-13-6-3-4-7-14(13)15/h3-4,6-7,15H,5,8-12H2,1-2H3,(H,17,19). The van der Waals surface area contributed by atoms with Crippen LogP contribution in [0, 0.1) is 0 Å². The topological polar surface area (TPSA) is 41.6 Å². The fourth-order valence-corrected chi connectivity index (χ4v) is 2.83. The summed E-state index contributed by atoms with van der Waals surface area (Å²) in [5, 5.41) is 2.94. The molecule has 20 heavy (non-hydrogen) atoms. The van der Waals surface area contributed by atoms with Gasteiger partial charge in [0.25, 0.3) is 0 Å². The molecular weight excluding hydrogens is 252 g/mol. The summed E-state index contributed by atoms with van der Waals surface area (Å²) in [6, 6.07) is 8.91. The first-order valence-corrected chi connectivity index (χ1v) is 7.26. The Bertz CT molecular complexity index is 448. The number of methoxy groups -OCH3 is 1. The Morgan fingerprint density at radius 2 is 2.25 bits per heavy atom. The summed E-state index contributed by atoms with van der Waals surface area (Å²) in [4.78, 5) is 14.0. The number of benzene rings is 1. The highest BCUT2D eigenvalue weighted by Gasteiger charge is 2.26. The van der Waals surface area contributed by atoms with Crippen molar-refractivity contribution in [3.8, 4) is 0 Å². The first kappa shape index (κ1) is 15.0. The molecule has 1 aliphatic carbocycles. The van der Waals surface area contributed by atoms with Gasteiger partial charge >= 0.3 is 0 Å². The fourth-order valence-electron chi connectivity index (χ4n) is 2.83. The molecule has 4 nitrogen and oxygen atoms in total. The molecule has 0 aromatic heterocycles. The number of fused-ring (bicyclic) bond motifs is 1. The Hall–Kier alpha value is -1.39. The fraction of sp³-hybridized carbons (Fsp3) is 0.562. The van der Waals surface area contributed by atoms with Crippen molar-refractivity contribution in [1.82, 2.24) is 10.2 Å². The van der Waals surface area contributed by atoms with Crippen LogP contribution in [0.3, 0.4) is 0 Å². The molecule has 0 radical (unpaired) electrons. The molecule has 0 spiro atoms. The van der Waals surface area contributed by atoms with E-state index < -0.39 is 0 Å². The van der Waals surface area contributed by atoms with Crippen molar-refractivity contribution >= 4 is 5.91 Å². The lowest BCUT2D eigenvalue weighted by Gasteiger charge is -2.24. The van der Waals surface area contributed by atoms with Gasteiger partial charge in [-0.15, -0.1) is 0 Å². The van der Waals surface area contributed by atoms with Crippen molar-refractivity contribution in [2.75, 3.05) is 33.9 Å². The summed E-state index contributed by atoms with van der Waals surface area (Å²) < 4.78 is 4.96. The van der Waals surface area contributed by atoms with Gasteiger partial charge in [0.2, 0.25) is 5.91 Å². The van der Waals surface area contributed by atoms with Crippen LogP contribution < -0.4 is 5.32 Å². The van der Waals surface area contributed by atoms with E-state index in [-0.39, 0.29) is 5.91 Å². The molecule has 2 rings (SSSR count). The molecule has 1 aromatic rings. The molecule has 0 saturated heterocycles. The van der Waals surface area contributed by atoms with Crippen LogP contribution in [0.2, 0.25) is 0 Å². The monoisotopic (exact) mass is 276 g/mol. The first-order chi connectivity index (χ1) is 9.72. The number of rotatable bonds is 7. The molecule has 1 aliphatic rings. The molecule has 1 aromatic carbocycles. The summed E-state index contributed by atoms with van der Waals surface area (Å²) in [5.41, 5.74) is 2.80. The average Bonchev–Trinajstić information content (AvgIpc) is 2.87. The highest BCUT2D eigenvalue weighted by atomic mass is 16.5. The van der Waals surface area contributed by atoms with Crippen LogP contribution in [0.4, 0.5) is 0 Å². The van der Waals surface area contributed by atoms with Gasteiger partial charge < -0.3 is 10.1 Å². The molecule has 1 unspecified atom stereocenters. The summed E-state index contributed by atoms with van der Waals surface area (Å²) in [6.45, 7) is 1.82. The quantitative estimate of drug-likeness (QED) is 0.772. The van der Waals surface area contributed by atoms with E-state index in [0.717, 1.165) is 19.3 Å². The summed E-state index contributed by atoms with van der Waals surface area (Å²) in [6.07, 6.45) is 3.08. The Balaban J connectivity index is 1.81. The van der Waals surface area contributed by atoms with Crippen molar-refractivity contribution in [3.05, 3.63) is 35.4 Å². The van der Waals surface area contributed by atoms with E-state index >= 15 is 0 Å². The average molecular weight is 276 g/mol. The number of hydrogen-bond acceptors (Lipinski definition) is 3. The zero-order valence-corrected chi connectivity index (χ0v) is 12.4. The molecule has 1 atom stereocenters. The van der Waals surface area contributed by atoms with Gasteiger partial charge in [-0.1, -0.05) is 24.3 Å². The van der Waals surface area contributed by atoms with Gasteiger partial charge in [0.1, 0.15) is 0 Å². The number of ether oxygens (including phenoxy) is 1. The normalized spacial score (nSPS) is 17.2. The Labute approximate surface area is 121 Å². The van der Waals surface area contributed by atoms with Crippen LogP contribution in [0.5, 0.6) is 0 Å². The number of nitrogens with one attached hydrogen (secondary N) is 1. The molecule has 110 valence electrons. The van der Waals surface area contributed by atoms with E-state index in [2.05, 4.69) is 34.5 Å². The van der Waals surface area contributed by atoms with Crippen LogP contribution in [-0.2, 0) is 16.0 Å². The lowest BCUT2D eigenvalue weighted by molar-refractivity contribution is -0.122. The molecule has 0 bridgehead atoms. The Morgan fingerprint density at radius 3 is 3.05 bits per heavy atom. The minimum atomic E-state index is 0.0907. The Kier molecular flexibility index (Phi) is 5.56. The molecular formula is C16H24N2O2. The summed E-state index contributed by atoms with van der Waals surface area (Å²) in [5.74, 6) is 0.0907. The van der Waals surface area contributed by atoms with E-state index in [1.54, 1.807) is 7.11 Å². The number of likely N-dealkylation sites (N-methyl/N-ethyl adjacent to an activating group) is 1. The van der Waals surface area contributed by atoms with Crippen molar-refractivity contribution in [2.24, 2.45) is 0 Å². The lowest BCUT2D eigenvalue weighted by Crippen LogP contribution is -2.37. The van der Waals surface area contributed by atoms with Gasteiger partial charge in [-0.2, -0.15) is 0 Å². The van der Waals surface area contributed by atoms with Crippen LogP contribution >= 0.6 is 0 Å². The molecule has 4 heteroatoms. The molecule has 0 fully saturated rings. The van der Waals surface area contributed by atoms with Crippen LogP contribution in [0.25, 0.3) is 0 Å². The highest BCUT2D eigenvalue weighted by Crippen LogP contribution is 2.34. The second kappa shape index (κ2) is 7.41. The SMILES string of the molecule is COCCCNC(=O)CN(C)C1CCc2ccccc21. The van der Waals surface area contributed by atoms with Crippen molar-refractivity contribution in [2.45, 2.75) is 25.3 Å². The number of amides is 1. The van der Waals surface area contributed by atoms with E-state index in [1.165, 1.54) is 11.1 Å². The van der Waals surface area contributed by atoms with Gasteiger partial charge in [-0.25, -0.2) is 0 Å². The zero-order chi connectivity index (χ0) is 14.4. The number of carbonyl (C=O) groups excluding carboxylic acids is 1. The second-order valence-corrected chi connectivity index (χ2v) is 5.36. The maximum Gasteiger partial charge on any atom is 0.234 e. The second-order valence-electron chi connectivity index (χ2n) is 5.36. The third-order valence-electron chi connectivity index (χ3n) is 3.87. The summed E-state index contributed by atoms with van der Waals surface area (Å²) >= 11 is 0. The molecule has 0 aliphatic heterocycles. The van der Waals surface area contributed by atoms with Gasteiger partial charge in [0.15, 0.2) is 0 Å². The third kappa shape index (κ3) is 3.81. The highest BCUT2D eigenvalue weighted by molar-refractivity contribution is 5.78. The van der Waals surface area contributed by atoms with Crippen molar-refractivity contribution < 1.29 is 9.53 Å². The maximum absolute atomic E-state index is 11.9. The van der Waals surface area contributed by atoms with Crippen LogP contribution in [0.15, 0.2) is 24.3 Å². The van der Waals surface area contributed by atoms with E-state index in [0.29, 0.717) is 25.7 Å². The van der Waals surface area contributed by atoms with Crippen LogP contribution in [-0.4, -0.2) is 44.7 Å². The molecule has 1 amide bonds. The number of hydrogen-bond donors (Lipinski definition) is 1. The van der Waals surface area contributed by atoms with Gasteiger partial charge in [-0.05, 0) is 37.4 Å². The van der Waals surface area contributed by atoms with Crippen LogP contribution in [0.1, 0.15) is 30.0 Å². The number of nitrogens with zero attached hydrogens (tertiary/aromatic N) is 1. The predicted molar refractivity (Wildman–Crippen MR) is 79.6 cm³/mol. The smallest absolute Gasteiger partial charge is 0.234 e. The lowest BCUT2D eigenvalue weighted by atomic mass is 10.1. The number of carbonyl (C=O) groups is 1. The van der Waals surface area contributed by atoms with Gasteiger partial charge in [0.05, 0.1) is 6.54 Å². The zero-order valence-electron chi connectivity index (χ0n) is 12.4. The van der Waals surface area contributed by atoms with E-state index in [1.807, 2.05) is 7.05 Å². The maximum atomic E-state index is 11.9. The molecule has 1 N–H and O–H groups in total. The van der Waals surface area contributed by atoms with Gasteiger partial charge in [-0.3, -0.25) is 9.69 Å². The summed E-state index contributed by atoms with van der Waals surface area (Å²) in [7, 11) is 3.70. The number of aryl methyl sites for hydroxylation is 1. The molecule has 0 saturated carbocycles. The Morgan fingerprint density at radius 1 is 1.45 bits per heavy atom. The predicted octanol–water partition coefficient (Wildman–Crippen LogP) is 1.76. The molecule has 0 heterocycles. The minimum absolute atomic E-state index is 0.0907.